The highest BCUT2D eigenvalue weighted by Crippen LogP contribution is 2.26. The zero-order valence-corrected chi connectivity index (χ0v) is 21.5. The molecule has 37 heavy (non-hydrogen) atoms. The summed E-state index contributed by atoms with van der Waals surface area (Å²) >= 11 is 0. The summed E-state index contributed by atoms with van der Waals surface area (Å²) in [4.78, 5) is 26.8. The summed E-state index contributed by atoms with van der Waals surface area (Å²) in [6, 6.07) is 26.5. The Kier molecular flexibility index (Phi) is 7.61. The van der Waals surface area contributed by atoms with E-state index in [2.05, 4.69) is 52.0 Å². The number of carbonyl (C=O) groups excluding carboxylic acids is 1. The highest BCUT2D eigenvalue weighted by molar-refractivity contribution is 5.95. The molecule has 0 radical (unpaired) electrons. The van der Waals surface area contributed by atoms with Crippen molar-refractivity contribution in [2.45, 2.75) is 25.9 Å². The van der Waals surface area contributed by atoms with E-state index in [1.165, 1.54) is 0 Å². The average molecular weight is 495 g/mol. The average Bonchev–Trinajstić information content (AvgIpc) is 2.95. The second-order valence-electron chi connectivity index (χ2n) is 9.74. The van der Waals surface area contributed by atoms with Crippen molar-refractivity contribution < 1.29 is 4.79 Å². The van der Waals surface area contributed by atoms with Gasteiger partial charge in [-0.2, -0.15) is 4.98 Å². The van der Waals surface area contributed by atoms with Gasteiger partial charge < -0.3 is 20.4 Å². The van der Waals surface area contributed by atoms with Gasteiger partial charge in [-0.05, 0) is 61.3 Å². The molecule has 0 bridgehead atoms. The topological polar surface area (TPSA) is 73.4 Å². The number of piperidine rings is 1. The molecule has 1 saturated heterocycles. The first kappa shape index (κ1) is 24.7. The molecule has 1 aromatic heterocycles. The Morgan fingerprint density at radius 3 is 2.32 bits per heavy atom. The number of anilines is 3. The molecule has 0 spiro atoms. The van der Waals surface area contributed by atoms with E-state index < -0.39 is 0 Å². The number of fused-ring (bicyclic) bond motifs is 1. The van der Waals surface area contributed by atoms with Crippen LogP contribution in [-0.2, 0) is 17.9 Å². The van der Waals surface area contributed by atoms with Gasteiger partial charge in [-0.25, -0.2) is 4.98 Å². The number of hydrogen-bond donors (Lipinski definition) is 2. The number of nitrogens with zero attached hydrogens (tertiary/aromatic N) is 4. The Balaban J connectivity index is 1.35. The minimum absolute atomic E-state index is 0.0586. The first-order chi connectivity index (χ1) is 18.1. The summed E-state index contributed by atoms with van der Waals surface area (Å²) in [5, 5.41) is 7.85. The lowest BCUT2D eigenvalue weighted by Gasteiger charge is -2.30. The molecule has 0 saturated carbocycles. The number of hydrogen-bond acceptors (Lipinski definition) is 6. The second-order valence-corrected chi connectivity index (χ2v) is 9.74. The van der Waals surface area contributed by atoms with Crippen molar-refractivity contribution >= 4 is 34.3 Å². The van der Waals surface area contributed by atoms with Crippen LogP contribution in [0.2, 0.25) is 0 Å². The van der Waals surface area contributed by atoms with Gasteiger partial charge in [-0.15, -0.1) is 0 Å². The summed E-state index contributed by atoms with van der Waals surface area (Å²) in [6.45, 7) is 2.98. The van der Waals surface area contributed by atoms with Crippen LogP contribution in [0.25, 0.3) is 10.9 Å². The second kappa shape index (κ2) is 11.4. The van der Waals surface area contributed by atoms with Crippen molar-refractivity contribution in [3.63, 3.8) is 0 Å². The molecule has 5 rings (SSSR count). The van der Waals surface area contributed by atoms with E-state index in [9.17, 15) is 4.79 Å². The summed E-state index contributed by atoms with van der Waals surface area (Å²) in [6.07, 6.45) is 1.77. The zero-order chi connectivity index (χ0) is 25.6. The van der Waals surface area contributed by atoms with Gasteiger partial charge in [0.2, 0.25) is 11.9 Å². The molecule has 1 fully saturated rings. The molecule has 7 nitrogen and oxygen atoms in total. The molecule has 2 N–H and O–H groups in total. The molecular weight excluding hydrogens is 460 g/mol. The van der Waals surface area contributed by atoms with Crippen molar-refractivity contribution in [2.24, 2.45) is 5.92 Å². The molecule has 0 unspecified atom stereocenters. The Morgan fingerprint density at radius 2 is 1.59 bits per heavy atom. The van der Waals surface area contributed by atoms with E-state index in [1.54, 1.807) is 0 Å². The Labute approximate surface area is 218 Å². The first-order valence-electron chi connectivity index (χ1n) is 12.9. The predicted octanol–water partition coefficient (Wildman–Crippen LogP) is 4.84. The monoisotopic (exact) mass is 494 g/mol. The van der Waals surface area contributed by atoms with E-state index >= 15 is 0 Å². The number of rotatable bonds is 8. The van der Waals surface area contributed by atoms with Gasteiger partial charge in [0.15, 0.2) is 0 Å². The molecule has 2 heterocycles. The maximum atomic E-state index is 13.6. The summed E-state index contributed by atoms with van der Waals surface area (Å²) in [5.41, 5.74) is 4.08. The number of amides is 1. The smallest absolute Gasteiger partial charge is 0.230 e. The number of para-hydroxylation sites is 1. The van der Waals surface area contributed by atoms with Crippen LogP contribution in [0.1, 0.15) is 24.0 Å². The normalized spacial score (nSPS) is 13.9. The highest BCUT2D eigenvalue weighted by atomic mass is 16.2. The third-order valence-electron chi connectivity index (χ3n) is 6.84. The first-order valence-corrected chi connectivity index (χ1v) is 12.9. The van der Waals surface area contributed by atoms with Gasteiger partial charge in [-0.1, -0.05) is 54.6 Å². The molecule has 1 aliphatic rings. The Morgan fingerprint density at radius 1 is 0.892 bits per heavy atom. The number of benzene rings is 3. The number of carbonyl (C=O) groups is 1. The van der Waals surface area contributed by atoms with E-state index in [4.69, 9.17) is 4.98 Å². The van der Waals surface area contributed by atoms with Gasteiger partial charge in [0.05, 0.1) is 12.1 Å². The van der Waals surface area contributed by atoms with E-state index in [1.807, 2.05) is 66.4 Å². The molecule has 4 aromatic rings. The minimum Gasteiger partial charge on any atom is -0.365 e. The third-order valence-corrected chi connectivity index (χ3v) is 6.84. The molecule has 190 valence electrons. The molecule has 1 amide bonds. The van der Waals surface area contributed by atoms with Gasteiger partial charge in [0, 0.05) is 37.6 Å². The van der Waals surface area contributed by atoms with E-state index in [-0.39, 0.29) is 11.8 Å². The SMILES string of the molecule is CN(C)c1nc(NCc2ccc(N(Cc3ccccc3)C(=O)C3CCNCC3)cc2)c2ccccc2n1. The van der Waals surface area contributed by atoms with Crippen molar-refractivity contribution in [3.05, 3.63) is 90.0 Å². The standard InChI is InChI=1S/C30H34N6O/c1-35(2)30-33-27-11-7-6-10-26(27)28(34-30)32-20-22-12-14-25(15-13-22)36(21-23-8-4-3-5-9-23)29(37)24-16-18-31-19-17-24/h3-15,24,31H,16-21H2,1-2H3,(H,32,33,34). The molecule has 0 atom stereocenters. The fourth-order valence-corrected chi connectivity index (χ4v) is 4.73. The quantitative estimate of drug-likeness (QED) is 0.365. The summed E-state index contributed by atoms with van der Waals surface area (Å²) in [7, 11) is 3.89. The van der Waals surface area contributed by atoms with Crippen LogP contribution in [0.4, 0.5) is 17.5 Å². The molecular formula is C30H34N6O. The summed E-state index contributed by atoms with van der Waals surface area (Å²) in [5.74, 6) is 1.75. The maximum absolute atomic E-state index is 13.6. The lowest BCUT2D eigenvalue weighted by atomic mass is 9.96. The van der Waals surface area contributed by atoms with Crippen LogP contribution in [0.15, 0.2) is 78.9 Å². The van der Waals surface area contributed by atoms with E-state index in [0.717, 1.165) is 59.5 Å². The van der Waals surface area contributed by atoms with Crippen molar-refractivity contribution in [2.75, 3.05) is 42.3 Å². The number of nitrogens with one attached hydrogen (secondary N) is 2. The highest BCUT2D eigenvalue weighted by Gasteiger charge is 2.27. The van der Waals surface area contributed by atoms with Gasteiger partial charge in [0.1, 0.15) is 5.82 Å². The Hall–Kier alpha value is -3.97. The molecule has 7 heteroatoms. The Bertz CT molecular complexity index is 1330. The fraction of sp³-hybridized carbons (Fsp3) is 0.300. The molecule has 0 aliphatic carbocycles. The van der Waals surface area contributed by atoms with Crippen LogP contribution in [-0.4, -0.2) is 43.1 Å². The lowest BCUT2D eigenvalue weighted by Crippen LogP contribution is -2.40. The third kappa shape index (κ3) is 5.89. The lowest BCUT2D eigenvalue weighted by molar-refractivity contribution is -0.123. The van der Waals surface area contributed by atoms with Crippen LogP contribution in [0.5, 0.6) is 0 Å². The predicted molar refractivity (Wildman–Crippen MR) is 151 cm³/mol. The van der Waals surface area contributed by atoms with Crippen LogP contribution in [0.3, 0.4) is 0 Å². The minimum atomic E-state index is 0.0586. The fourth-order valence-electron chi connectivity index (χ4n) is 4.73. The van der Waals surface area contributed by atoms with Crippen molar-refractivity contribution in [3.8, 4) is 0 Å². The summed E-state index contributed by atoms with van der Waals surface area (Å²) < 4.78 is 0. The van der Waals surface area contributed by atoms with Crippen LogP contribution in [0, 0.1) is 5.92 Å². The zero-order valence-electron chi connectivity index (χ0n) is 21.5. The molecule has 3 aromatic carbocycles. The van der Waals surface area contributed by atoms with Crippen LogP contribution < -0.4 is 20.4 Å². The van der Waals surface area contributed by atoms with Gasteiger partial charge >= 0.3 is 0 Å². The maximum Gasteiger partial charge on any atom is 0.230 e. The molecule has 1 aliphatic heterocycles. The van der Waals surface area contributed by atoms with Crippen LogP contribution >= 0.6 is 0 Å². The van der Waals surface area contributed by atoms with Crippen molar-refractivity contribution in [1.29, 1.82) is 0 Å². The number of aromatic nitrogens is 2. The van der Waals surface area contributed by atoms with E-state index in [0.29, 0.717) is 19.0 Å². The van der Waals surface area contributed by atoms with Gasteiger partial charge in [0.25, 0.3) is 0 Å². The van der Waals surface area contributed by atoms with Gasteiger partial charge in [-0.3, -0.25) is 4.79 Å². The largest absolute Gasteiger partial charge is 0.365 e. The van der Waals surface area contributed by atoms with Crippen molar-refractivity contribution in [1.82, 2.24) is 15.3 Å².